The van der Waals surface area contributed by atoms with Crippen LogP contribution >= 0.6 is 11.8 Å². The zero-order valence-corrected chi connectivity index (χ0v) is 11.8. The van der Waals surface area contributed by atoms with Gasteiger partial charge in [0.05, 0.1) is 13.7 Å². The van der Waals surface area contributed by atoms with Gasteiger partial charge in [0.1, 0.15) is 5.75 Å². The zero-order valence-electron chi connectivity index (χ0n) is 10.9. The zero-order chi connectivity index (χ0) is 12.7. The molecule has 0 aliphatic rings. The molecular weight excluding hydrogens is 234 g/mol. The van der Waals surface area contributed by atoms with Gasteiger partial charge in [0, 0.05) is 29.4 Å². The van der Waals surface area contributed by atoms with Gasteiger partial charge in [-0.3, -0.25) is 0 Å². The van der Waals surface area contributed by atoms with Crippen LogP contribution < -0.4 is 10.1 Å². The third-order valence-electron chi connectivity index (χ3n) is 2.66. The smallest absolute Gasteiger partial charge is 0.124 e. The van der Waals surface area contributed by atoms with E-state index in [1.165, 1.54) is 10.5 Å². The maximum atomic E-state index is 5.43. The monoisotopic (exact) mass is 255 g/mol. The summed E-state index contributed by atoms with van der Waals surface area (Å²) in [7, 11) is 5.40. The van der Waals surface area contributed by atoms with Crippen LogP contribution in [-0.4, -0.2) is 33.6 Å². The summed E-state index contributed by atoms with van der Waals surface area (Å²) in [6.07, 6.45) is 0. The molecule has 1 unspecified atom stereocenters. The summed E-state index contributed by atoms with van der Waals surface area (Å²) in [6.45, 7) is 2.90. The highest BCUT2D eigenvalue weighted by Crippen LogP contribution is 2.34. The van der Waals surface area contributed by atoms with E-state index in [4.69, 9.17) is 9.47 Å². The molecule has 17 heavy (non-hydrogen) atoms. The Hall–Kier alpha value is -0.710. The first-order valence-electron chi connectivity index (χ1n) is 5.70. The first-order chi connectivity index (χ1) is 8.24. The molecule has 1 aromatic rings. The third kappa shape index (κ3) is 3.91. The number of methoxy groups -OCH3 is 2. The molecule has 1 aromatic carbocycles. The number of benzene rings is 1. The van der Waals surface area contributed by atoms with Crippen molar-refractivity contribution >= 4 is 11.8 Å². The minimum absolute atomic E-state index is 0.274. The van der Waals surface area contributed by atoms with Crippen LogP contribution in [0.15, 0.2) is 23.1 Å². The van der Waals surface area contributed by atoms with Crippen LogP contribution in [0.1, 0.15) is 18.5 Å². The summed E-state index contributed by atoms with van der Waals surface area (Å²) in [5, 5.41) is 3.26. The Morgan fingerprint density at radius 1 is 1.35 bits per heavy atom. The van der Waals surface area contributed by atoms with Crippen LogP contribution in [-0.2, 0) is 4.74 Å². The quantitative estimate of drug-likeness (QED) is 0.599. The van der Waals surface area contributed by atoms with Gasteiger partial charge in [-0.15, -0.1) is 11.8 Å². The molecule has 0 radical (unpaired) electrons. The lowest BCUT2D eigenvalue weighted by Crippen LogP contribution is -2.14. The molecule has 0 heterocycles. The number of ether oxygens (including phenoxy) is 2. The van der Waals surface area contributed by atoms with Gasteiger partial charge < -0.3 is 14.8 Å². The summed E-state index contributed by atoms with van der Waals surface area (Å²) < 4.78 is 10.5. The van der Waals surface area contributed by atoms with Crippen molar-refractivity contribution < 1.29 is 9.47 Å². The fourth-order valence-electron chi connectivity index (χ4n) is 1.63. The van der Waals surface area contributed by atoms with Gasteiger partial charge in [0.15, 0.2) is 0 Å². The van der Waals surface area contributed by atoms with Crippen LogP contribution in [0.4, 0.5) is 0 Å². The minimum atomic E-state index is 0.274. The number of rotatable bonds is 7. The molecule has 96 valence electrons. The van der Waals surface area contributed by atoms with E-state index in [2.05, 4.69) is 18.3 Å². The second-order valence-corrected chi connectivity index (χ2v) is 4.86. The Morgan fingerprint density at radius 3 is 2.71 bits per heavy atom. The third-order valence-corrected chi connectivity index (χ3v) is 3.69. The Bertz CT molecular complexity index is 344. The molecule has 3 nitrogen and oxygen atoms in total. The fourth-order valence-corrected chi connectivity index (χ4v) is 2.71. The minimum Gasteiger partial charge on any atom is -0.496 e. The number of hydrogen-bond acceptors (Lipinski definition) is 4. The molecule has 1 rings (SSSR count). The van der Waals surface area contributed by atoms with Crippen molar-refractivity contribution in [3.63, 3.8) is 0 Å². The molecule has 0 bridgehead atoms. The number of hydrogen-bond donors (Lipinski definition) is 1. The lowest BCUT2D eigenvalue weighted by Gasteiger charge is -2.18. The van der Waals surface area contributed by atoms with E-state index < -0.39 is 0 Å². The molecule has 0 aliphatic heterocycles. The van der Waals surface area contributed by atoms with Crippen molar-refractivity contribution in [1.29, 1.82) is 0 Å². The normalized spacial score (nSPS) is 12.5. The maximum Gasteiger partial charge on any atom is 0.124 e. The summed E-state index contributed by atoms with van der Waals surface area (Å²) >= 11 is 1.80. The maximum absolute atomic E-state index is 5.43. The van der Waals surface area contributed by atoms with Gasteiger partial charge in [-0.2, -0.15) is 0 Å². The van der Waals surface area contributed by atoms with E-state index in [1.807, 2.05) is 19.2 Å². The Balaban J connectivity index is 2.93. The summed E-state index contributed by atoms with van der Waals surface area (Å²) in [5.41, 5.74) is 1.22. The average molecular weight is 255 g/mol. The summed E-state index contributed by atoms with van der Waals surface area (Å²) in [5.74, 6) is 1.89. The van der Waals surface area contributed by atoms with Gasteiger partial charge in [-0.1, -0.05) is 6.07 Å². The fraction of sp³-hybridized carbons (Fsp3) is 0.538. The molecule has 0 saturated carbocycles. The first kappa shape index (κ1) is 14.4. The van der Waals surface area contributed by atoms with Crippen molar-refractivity contribution in [3.8, 4) is 5.75 Å². The van der Waals surface area contributed by atoms with E-state index in [1.54, 1.807) is 26.0 Å². The molecule has 0 saturated heterocycles. The van der Waals surface area contributed by atoms with Crippen LogP contribution in [0.5, 0.6) is 5.75 Å². The molecule has 0 aliphatic carbocycles. The highest BCUT2D eigenvalue weighted by atomic mass is 32.2. The van der Waals surface area contributed by atoms with Crippen molar-refractivity contribution in [3.05, 3.63) is 23.8 Å². The predicted octanol–water partition coefficient (Wildman–Crippen LogP) is 2.71. The van der Waals surface area contributed by atoms with Crippen molar-refractivity contribution in [2.75, 3.05) is 33.6 Å². The molecule has 0 amide bonds. The molecule has 0 aromatic heterocycles. The lowest BCUT2D eigenvalue weighted by atomic mass is 10.1. The predicted molar refractivity (Wildman–Crippen MR) is 73.1 cm³/mol. The van der Waals surface area contributed by atoms with Gasteiger partial charge in [0.2, 0.25) is 0 Å². The number of thioether (sulfide) groups is 1. The van der Waals surface area contributed by atoms with E-state index >= 15 is 0 Å². The van der Waals surface area contributed by atoms with Gasteiger partial charge in [-0.25, -0.2) is 0 Å². The van der Waals surface area contributed by atoms with E-state index in [0.29, 0.717) is 0 Å². The topological polar surface area (TPSA) is 30.5 Å². The average Bonchev–Trinajstić information content (AvgIpc) is 2.37. The van der Waals surface area contributed by atoms with Crippen molar-refractivity contribution in [1.82, 2.24) is 5.32 Å². The standard InChI is InChI=1S/C13H21NO2S/c1-10(14-2)13-11(16-4)6-5-7-12(13)17-9-8-15-3/h5-7,10,14H,8-9H2,1-4H3. The van der Waals surface area contributed by atoms with Crippen LogP contribution in [0, 0.1) is 0 Å². The van der Waals surface area contributed by atoms with Gasteiger partial charge in [0.25, 0.3) is 0 Å². The van der Waals surface area contributed by atoms with Crippen molar-refractivity contribution in [2.45, 2.75) is 17.9 Å². The first-order valence-corrected chi connectivity index (χ1v) is 6.69. The van der Waals surface area contributed by atoms with Gasteiger partial charge in [-0.05, 0) is 26.1 Å². The van der Waals surface area contributed by atoms with Crippen molar-refractivity contribution in [2.24, 2.45) is 0 Å². The Kier molecular flexibility index (Phi) is 6.40. The van der Waals surface area contributed by atoms with Crippen LogP contribution in [0.3, 0.4) is 0 Å². The Morgan fingerprint density at radius 2 is 2.12 bits per heavy atom. The van der Waals surface area contributed by atoms with E-state index in [-0.39, 0.29) is 6.04 Å². The summed E-state index contributed by atoms with van der Waals surface area (Å²) in [6, 6.07) is 6.44. The van der Waals surface area contributed by atoms with Crippen LogP contribution in [0.25, 0.3) is 0 Å². The molecule has 1 atom stereocenters. The number of nitrogens with one attached hydrogen (secondary N) is 1. The largest absolute Gasteiger partial charge is 0.496 e. The van der Waals surface area contributed by atoms with E-state index in [0.717, 1.165) is 18.1 Å². The van der Waals surface area contributed by atoms with Crippen LogP contribution in [0.2, 0.25) is 0 Å². The molecule has 0 fully saturated rings. The lowest BCUT2D eigenvalue weighted by molar-refractivity contribution is 0.218. The molecular formula is C13H21NO2S. The van der Waals surface area contributed by atoms with Gasteiger partial charge >= 0.3 is 0 Å². The Labute approximate surface area is 108 Å². The molecule has 0 spiro atoms. The second kappa shape index (κ2) is 7.58. The highest BCUT2D eigenvalue weighted by Gasteiger charge is 2.14. The summed E-state index contributed by atoms with van der Waals surface area (Å²) in [4.78, 5) is 1.25. The second-order valence-electron chi connectivity index (χ2n) is 3.72. The SMILES string of the molecule is CNC(C)c1c(OC)cccc1SCCOC. The highest BCUT2D eigenvalue weighted by molar-refractivity contribution is 7.99. The molecule has 1 N–H and O–H groups in total. The van der Waals surface area contributed by atoms with E-state index in [9.17, 15) is 0 Å². The molecule has 4 heteroatoms.